The van der Waals surface area contributed by atoms with Gasteiger partial charge in [-0.1, -0.05) is 6.08 Å². The lowest BCUT2D eigenvalue weighted by Gasteiger charge is -2.24. The molecule has 1 heterocycles. The summed E-state index contributed by atoms with van der Waals surface area (Å²) in [7, 11) is 4.00. The first kappa shape index (κ1) is 12.6. The van der Waals surface area contributed by atoms with Crippen LogP contribution in [-0.4, -0.2) is 32.1 Å². The number of nitrogens with zero attached hydrogens (tertiary/aromatic N) is 1. The molecule has 0 saturated heterocycles. The second-order valence-electron chi connectivity index (χ2n) is 4.53. The minimum atomic E-state index is 0.301. The van der Waals surface area contributed by atoms with Crippen LogP contribution in [0.1, 0.15) is 6.42 Å². The van der Waals surface area contributed by atoms with E-state index in [-0.39, 0.29) is 0 Å². The fourth-order valence-corrected chi connectivity index (χ4v) is 1.80. The maximum Gasteiger partial charge on any atom is 0.193 e. The summed E-state index contributed by atoms with van der Waals surface area (Å²) in [5, 5.41) is 0. The van der Waals surface area contributed by atoms with Gasteiger partial charge in [0, 0.05) is 23.9 Å². The highest BCUT2D eigenvalue weighted by Crippen LogP contribution is 2.32. The molecule has 5 nitrogen and oxygen atoms in total. The van der Waals surface area contributed by atoms with Crippen LogP contribution < -0.4 is 11.5 Å². The highest BCUT2D eigenvalue weighted by molar-refractivity contribution is 5.47. The molecule has 0 saturated carbocycles. The predicted octanol–water partition coefficient (Wildman–Crippen LogP) is 0.779. The molecule has 98 valence electrons. The second kappa shape index (κ2) is 5.18. The van der Waals surface area contributed by atoms with E-state index in [9.17, 15) is 0 Å². The summed E-state index contributed by atoms with van der Waals surface area (Å²) in [6.45, 7) is 1.43. The molecule has 0 unspecified atom stereocenters. The molecular formula is C13H19N3O2. The van der Waals surface area contributed by atoms with Crippen molar-refractivity contribution >= 4 is 0 Å². The highest BCUT2D eigenvalue weighted by Gasteiger charge is 2.23. The summed E-state index contributed by atoms with van der Waals surface area (Å²) in [6.07, 6.45) is 6.29. The van der Waals surface area contributed by atoms with E-state index < -0.39 is 0 Å². The lowest BCUT2D eigenvalue weighted by Crippen LogP contribution is -2.21. The Bertz CT molecular complexity index is 459. The van der Waals surface area contributed by atoms with Gasteiger partial charge in [-0.15, -0.1) is 0 Å². The van der Waals surface area contributed by atoms with Crippen LogP contribution in [0.25, 0.3) is 0 Å². The number of likely N-dealkylation sites (N-methyl/N-ethyl adjacent to an activating group) is 1. The number of hydrogen-bond acceptors (Lipinski definition) is 5. The monoisotopic (exact) mass is 249 g/mol. The average molecular weight is 249 g/mol. The van der Waals surface area contributed by atoms with Gasteiger partial charge in [-0.05, 0) is 26.6 Å². The zero-order chi connectivity index (χ0) is 13.1. The Hall–Kier alpha value is -1.88. The lowest BCUT2D eigenvalue weighted by molar-refractivity contribution is 0.170. The summed E-state index contributed by atoms with van der Waals surface area (Å²) in [6, 6.07) is 0. The van der Waals surface area contributed by atoms with Crippen molar-refractivity contribution in [2.24, 2.45) is 11.5 Å². The van der Waals surface area contributed by atoms with E-state index in [1.165, 1.54) is 0 Å². The molecule has 0 aromatic heterocycles. The summed E-state index contributed by atoms with van der Waals surface area (Å²) in [4.78, 5) is 2.05. The van der Waals surface area contributed by atoms with Gasteiger partial charge in [0.1, 0.15) is 6.61 Å². The topological polar surface area (TPSA) is 73.7 Å². The number of rotatable bonds is 4. The van der Waals surface area contributed by atoms with E-state index in [1.807, 2.05) is 26.2 Å². The Kier molecular flexibility index (Phi) is 3.62. The number of fused-ring (bicyclic) bond motifs is 1. The summed E-state index contributed by atoms with van der Waals surface area (Å²) in [5.41, 5.74) is 13.2. The molecule has 0 aromatic rings. The van der Waals surface area contributed by atoms with Crippen LogP contribution in [0.2, 0.25) is 0 Å². The Labute approximate surface area is 107 Å². The Morgan fingerprint density at radius 2 is 2.17 bits per heavy atom. The molecule has 5 heteroatoms. The fraction of sp³-hybridized carbons (Fsp3) is 0.385. The third kappa shape index (κ3) is 2.68. The minimum absolute atomic E-state index is 0.301. The first-order valence-corrected chi connectivity index (χ1v) is 5.90. The number of ether oxygens (including phenoxy) is 2. The van der Waals surface area contributed by atoms with Crippen LogP contribution in [-0.2, 0) is 9.47 Å². The average Bonchev–Trinajstić information content (AvgIpc) is 2.29. The molecule has 0 amide bonds. The van der Waals surface area contributed by atoms with Crippen LogP contribution >= 0.6 is 0 Å². The van der Waals surface area contributed by atoms with Gasteiger partial charge in [0.25, 0.3) is 0 Å². The zero-order valence-electron chi connectivity index (χ0n) is 10.8. The molecule has 2 rings (SSSR count). The molecule has 2 aliphatic rings. The van der Waals surface area contributed by atoms with E-state index >= 15 is 0 Å². The van der Waals surface area contributed by atoms with Crippen molar-refractivity contribution in [2.75, 3.05) is 27.2 Å². The largest absolute Gasteiger partial charge is 0.488 e. The van der Waals surface area contributed by atoms with Crippen LogP contribution in [0.4, 0.5) is 0 Å². The SMILES string of the molecule is CN(C)CCOC1=C2OC(N)=CC(N)=C2CC=C1. The Morgan fingerprint density at radius 3 is 2.89 bits per heavy atom. The third-order valence-electron chi connectivity index (χ3n) is 2.75. The molecule has 0 radical (unpaired) electrons. The van der Waals surface area contributed by atoms with Crippen molar-refractivity contribution in [1.29, 1.82) is 0 Å². The van der Waals surface area contributed by atoms with Crippen LogP contribution in [0, 0.1) is 0 Å². The van der Waals surface area contributed by atoms with Gasteiger partial charge in [-0.2, -0.15) is 0 Å². The number of allylic oxidation sites excluding steroid dienone is 4. The Balaban J connectivity index is 2.16. The molecule has 0 spiro atoms. The van der Waals surface area contributed by atoms with Crippen molar-refractivity contribution < 1.29 is 9.47 Å². The van der Waals surface area contributed by atoms with Crippen LogP contribution in [0.15, 0.2) is 46.9 Å². The normalized spacial score (nSPS) is 18.7. The maximum absolute atomic E-state index is 5.93. The van der Waals surface area contributed by atoms with Crippen LogP contribution in [0.3, 0.4) is 0 Å². The maximum atomic E-state index is 5.93. The molecular weight excluding hydrogens is 230 g/mol. The first-order valence-electron chi connectivity index (χ1n) is 5.90. The molecule has 0 fully saturated rings. The molecule has 0 bridgehead atoms. The molecule has 0 aromatic carbocycles. The molecule has 1 aliphatic heterocycles. The summed E-state index contributed by atoms with van der Waals surface area (Å²) < 4.78 is 11.2. The van der Waals surface area contributed by atoms with Crippen LogP contribution in [0.5, 0.6) is 0 Å². The van der Waals surface area contributed by atoms with Gasteiger partial charge in [0.05, 0.1) is 0 Å². The van der Waals surface area contributed by atoms with Gasteiger partial charge in [0.15, 0.2) is 17.4 Å². The van der Waals surface area contributed by atoms with Gasteiger partial charge in [-0.25, -0.2) is 0 Å². The molecule has 0 atom stereocenters. The quantitative estimate of drug-likeness (QED) is 0.770. The predicted molar refractivity (Wildman–Crippen MR) is 69.9 cm³/mol. The van der Waals surface area contributed by atoms with E-state index in [4.69, 9.17) is 20.9 Å². The standard InChI is InChI=1S/C13H19N3O2/c1-16(2)6-7-17-11-5-3-4-9-10(14)8-12(15)18-13(9)11/h3,5,8H,4,6-7,14-15H2,1-2H3. The van der Waals surface area contributed by atoms with Crippen molar-refractivity contribution in [3.63, 3.8) is 0 Å². The fourth-order valence-electron chi connectivity index (χ4n) is 1.80. The smallest absolute Gasteiger partial charge is 0.193 e. The third-order valence-corrected chi connectivity index (χ3v) is 2.75. The van der Waals surface area contributed by atoms with E-state index in [1.54, 1.807) is 6.08 Å². The first-order chi connectivity index (χ1) is 8.58. The number of hydrogen-bond donors (Lipinski definition) is 2. The van der Waals surface area contributed by atoms with Gasteiger partial charge < -0.3 is 25.8 Å². The van der Waals surface area contributed by atoms with Gasteiger partial charge in [-0.3, -0.25) is 0 Å². The van der Waals surface area contributed by atoms with Gasteiger partial charge >= 0.3 is 0 Å². The van der Waals surface area contributed by atoms with E-state index in [0.29, 0.717) is 29.7 Å². The van der Waals surface area contributed by atoms with Crippen molar-refractivity contribution in [2.45, 2.75) is 6.42 Å². The Morgan fingerprint density at radius 1 is 1.39 bits per heavy atom. The van der Waals surface area contributed by atoms with Crippen molar-refractivity contribution in [3.05, 3.63) is 46.9 Å². The molecule has 18 heavy (non-hydrogen) atoms. The second-order valence-corrected chi connectivity index (χ2v) is 4.53. The lowest BCUT2D eigenvalue weighted by atomic mass is 10.0. The van der Waals surface area contributed by atoms with E-state index in [0.717, 1.165) is 18.5 Å². The molecule has 4 N–H and O–H groups in total. The minimum Gasteiger partial charge on any atom is -0.488 e. The van der Waals surface area contributed by atoms with E-state index in [2.05, 4.69) is 4.90 Å². The molecule has 1 aliphatic carbocycles. The highest BCUT2D eigenvalue weighted by atomic mass is 16.5. The summed E-state index contributed by atoms with van der Waals surface area (Å²) >= 11 is 0. The summed E-state index contributed by atoms with van der Waals surface area (Å²) in [5.74, 6) is 1.64. The van der Waals surface area contributed by atoms with Crippen molar-refractivity contribution in [3.8, 4) is 0 Å². The van der Waals surface area contributed by atoms with Crippen molar-refractivity contribution in [1.82, 2.24) is 4.90 Å². The van der Waals surface area contributed by atoms with Gasteiger partial charge in [0.2, 0.25) is 0 Å². The zero-order valence-corrected chi connectivity index (χ0v) is 10.8. The number of nitrogens with two attached hydrogens (primary N) is 2.